The zero-order valence-electron chi connectivity index (χ0n) is 13.0. The molecule has 3 heterocycles. The zero-order valence-corrected chi connectivity index (χ0v) is 13.0. The molecular weight excluding hydrogens is 351 g/mol. The summed E-state index contributed by atoms with van der Waals surface area (Å²) in [5.41, 5.74) is 1.61. The maximum Gasteiger partial charge on any atom is 0.471 e. The molecule has 1 aromatic carbocycles. The van der Waals surface area contributed by atoms with E-state index < -0.39 is 17.6 Å². The Hall–Kier alpha value is -3.43. The lowest BCUT2D eigenvalue weighted by Gasteiger charge is -2.06. The molecule has 0 aliphatic heterocycles. The van der Waals surface area contributed by atoms with Gasteiger partial charge >= 0.3 is 12.1 Å². The number of aromatic nitrogens is 5. The van der Waals surface area contributed by atoms with Gasteiger partial charge in [-0.15, -0.1) is 0 Å². The van der Waals surface area contributed by atoms with Crippen molar-refractivity contribution >= 4 is 10.9 Å². The lowest BCUT2D eigenvalue weighted by atomic mass is 10.0. The Morgan fingerprint density at radius 2 is 2.04 bits per heavy atom. The van der Waals surface area contributed by atoms with Crippen LogP contribution in [0.4, 0.5) is 13.2 Å². The average molecular weight is 361 g/mol. The Bertz CT molecular complexity index is 1140. The zero-order chi connectivity index (χ0) is 18.3. The van der Waals surface area contributed by atoms with Gasteiger partial charge in [0.2, 0.25) is 5.82 Å². The summed E-state index contributed by atoms with van der Waals surface area (Å²) in [5.74, 6) is -1.75. The second kappa shape index (κ2) is 5.83. The standard InChI is InChI=1S/C16H10F3N5O2/c17-16(18,19)15-22-13(24-26-15)10-3-4-20-14(25)11(10)6-8-1-2-12-9(5-8)7-21-23-12/h1-5,7H,6H2,(H,20,25)(H,21,23). The second-order valence-electron chi connectivity index (χ2n) is 5.59. The van der Waals surface area contributed by atoms with E-state index in [0.717, 1.165) is 16.5 Å². The Balaban J connectivity index is 1.76. The molecule has 0 spiro atoms. The quantitative estimate of drug-likeness (QED) is 0.584. The first-order valence-corrected chi connectivity index (χ1v) is 7.45. The van der Waals surface area contributed by atoms with Crippen molar-refractivity contribution in [2.75, 3.05) is 0 Å². The number of H-pyrrole nitrogens is 2. The highest BCUT2D eigenvalue weighted by atomic mass is 19.4. The summed E-state index contributed by atoms with van der Waals surface area (Å²) in [6.45, 7) is 0. The third-order valence-corrected chi connectivity index (χ3v) is 3.86. The van der Waals surface area contributed by atoms with Gasteiger partial charge in [0.05, 0.1) is 11.7 Å². The number of aromatic amines is 2. The molecule has 7 nitrogen and oxygen atoms in total. The van der Waals surface area contributed by atoms with Gasteiger partial charge in [-0.3, -0.25) is 9.89 Å². The van der Waals surface area contributed by atoms with Gasteiger partial charge in [-0.05, 0) is 23.8 Å². The fourth-order valence-corrected chi connectivity index (χ4v) is 2.65. The fraction of sp³-hybridized carbons (Fsp3) is 0.125. The van der Waals surface area contributed by atoms with Crippen LogP contribution in [-0.2, 0) is 12.6 Å². The number of nitrogens with one attached hydrogen (secondary N) is 2. The van der Waals surface area contributed by atoms with E-state index in [4.69, 9.17) is 0 Å². The summed E-state index contributed by atoms with van der Waals surface area (Å²) in [4.78, 5) is 18.1. The maximum atomic E-state index is 12.7. The molecule has 132 valence electrons. The number of nitrogens with zero attached hydrogens (tertiary/aromatic N) is 3. The van der Waals surface area contributed by atoms with Gasteiger partial charge in [-0.1, -0.05) is 11.2 Å². The number of fused-ring (bicyclic) bond motifs is 1. The smallest absolute Gasteiger partial charge is 0.329 e. The number of benzene rings is 1. The lowest BCUT2D eigenvalue weighted by Crippen LogP contribution is -2.14. The van der Waals surface area contributed by atoms with E-state index in [2.05, 4.69) is 29.8 Å². The predicted molar refractivity (Wildman–Crippen MR) is 84.3 cm³/mol. The topological polar surface area (TPSA) is 100 Å². The minimum atomic E-state index is -4.75. The molecule has 0 saturated heterocycles. The van der Waals surface area contributed by atoms with Gasteiger partial charge in [-0.2, -0.15) is 23.3 Å². The molecule has 3 aromatic heterocycles. The molecule has 26 heavy (non-hydrogen) atoms. The Morgan fingerprint density at radius 3 is 2.81 bits per heavy atom. The van der Waals surface area contributed by atoms with Crippen LogP contribution >= 0.6 is 0 Å². The largest absolute Gasteiger partial charge is 0.471 e. The van der Waals surface area contributed by atoms with Crippen molar-refractivity contribution in [3.63, 3.8) is 0 Å². The van der Waals surface area contributed by atoms with Crippen LogP contribution in [-0.4, -0.2) is 25.3 Å². The van der Waals surface area contributed by atoms with Crippen molar-refractivity contribution in [1.29, 1.82) is 0 Å². The van der Waals surface area contributed by atoms with Gasteiger partial charge in [0.15, 0.2) is 0 Å². The molecule has 2 N–H and O–H groups in total. The Labute approximate surface area is 142 Å². The molecule has 4 rings (SSSR count). The molecule has 10 heteroatoms. The minimum absolute atomic E-state index is 0.181. The molecule has 0 amide bonds. The predicted octanol–water partition coefficient (Wildman–Crippen LogP) is 2.91. The number of rotatable bonds is 3. The van der Waals surface area contributed by atoms with Crippen LogP contribution in [0.2, 0.25) is 0 Å². The first-order chi connectivity index (χ1) is 12.4. The first kappa shape index (κ1) is 16.1. The highest BCUT2D eigenvalue weighted by Gasteiger charge is 2.38. The third-order valence-electron chi connectivity index (χ3n) is 3.86. The summed E-state index contributed by atoms with van der Waals surface area (Å²) in [6, 6.07) is 6.89. The Kier molecular flexibility index (Phi) is 3.60. The highest BCUT2D eigenvalue weighted by molar-refractivity contribution is 5.78. The van der Waals surface area contributed by atoms with Gasteiger partial charge in [0.1, 0.15) is 0 Å². The van der Waals surface area contributed by atoms with Crippen molar-refractivity contribution in [2.24, 2.45) is 0 Å². The van der Waals surface area contributed by atoms with Crippen molar-refractivity contribution in [3.8, 4) is 11.4 Å². The monoisotopic (exact) mass is 361 g/mol. The molecule has 0 radical (unpaired) electrons. The van der Waals surface area contributed by atoms with E-state index in [9.17, 15) is 18.0 Å². The minimum Gasteiger partial charge on any atom is -0.329 e. The van der Waals surface area contributed by atoms with E-state index in [1.165, 1.54) is 12.3 Å². The summed E-state index contributed by atoms with van der Waals surface area (Å²) in [5, 5.41) is 11.0. The third kappa shape index (κ3) is 2.85. The van der Waals surface area contributed by atoms with E-state index in [0.29, 0.717) is 0 Å². The van der Waals surface area contributed by atoms with Crippen LogP contribution in [0.1, 0.15) is 17.0 Å². The molecule has 4 aromatic rings. The van der Waals surface area contributed by atoms with E-state index >= 15 is 0 Å². The van der Waals surface area contributed by atoms with Crippen molar-refractivity contribution in [3.05, 3.63) is 64.0 Å². The van der Waals surface area contributed by atoms with Crippen LogP contribution < -0.4 is 5.56 Å². The number of hydrogen-bond donors (Lipinski definition) is 2. The van der Waals surface area contributed by atoms with Crippen molar-refractivity contribution in [1.82, 2.24) is 25.3 Å². The summed E-state index contributed by atoms with van der Waals surface area (Å²) < 4.78 is 42.3. The van der Waals surface area contributed by atoms with Crippen molar-refractivity contribution in [2.45, 2.75) is 12.6 Å². The first-order valence-electron chi connectivity index (χ1n) is 7.45. The molecule has 0 unspecified atom stereocenters. The number of pyridine rings is 1. The maximum absolute atomic E-state index is 12.7. The molecule has 0 bridgehead atoms. The van der Waals surface area contributed by atoms with Crippen LogP contribution in [0.25, 0.3) is 22.3 Å². The molecule has 0 saturated carbocycles. The van der Waals surface area contributed by atoms with E-state index in [1.807, 2.05) is 12.1 Å². The van der Waals surface area contributed by atoms with Crippen LogP contribution in [0.3, 0.4) is 0 Å². The van der Waals surface area contributed by atoms with Gasteiger partial charge in [0.25, 0.3) is 5.56 Å². The summed E-state index contributed by atoms with van der Waals surface area (Å²) in [6.07, 6.45) is -1.60. The van der Waals surface area contributed by atoms with Gasteiger partial charge < -0.3 is 9.51 Å². The van der Waals surface area contributed by atoms with Gasteiger partial charge in [-0.25, -0.2) is 0 Å². The fourth-order valence-electron chi connectivity index (χ4n) is 2.65. The number of alkyl halides is 3. The van der Waals surface area contributed by atoms with Crippen LogP contribution in [0.5, 0.6) is 0 Å². The number of hydrogen-bond acceptors (Lipinski definition) is 5. The Morgan fingerprint density at radius 1 is 1.19 bits per heavy atom. The molecule has 0 atom stereocenters. The van der Waals surface area contributed by atoms with Crippen molar-refractivity contribution < 1.29 is 17.7 Å². The molecule has 0 fully saturated rings. The SMILES string of the molecule is O=c1[nH]ccc(-c2noc(C(F)(F)F)n2)c1Cc1ccc2[nH]ncc2c1. The van der Waals surface area contributed by atoms with E-state index in [1.54, 1.807) is 12.3 Å². The van der Waals surface area contributed by atoms with Crippen LogP contribution in [0, 0.1) is 0 Å². The van der Waals surface area contributed by atoms with Crippen LogP contribution in [0.15, 0.2) is 46.0 Å². The molecule has 0 aliphatic carbocycles. The number of halogens is 3. The summed E-state index contributed by atoms with van der Waals surface area (Å²) >= 11 is 0. The molecular formula is C16H10F3N5O2. The summed E-state index contributed by atoms with van der Waals surface area (Å²) in [7, 11) is 0. The molecule has 0 aliphatic rings. The lowest BCUT2D eigenvalue weighted by molar-refractivity contribution is -0.159. The highest BCUT2D eigenvalue weighted by Crippen LogP contribution is 2.30. The average Bonchev–Trinajstić information content (AvgIpc) is 3.24. The van der Waals surface area contributed by atoms with Gasteiger partial charge in [0, 0.05) is 29.1 Å². The normalized spacial score (nSPS) is 12.0. The van der Waals surface area contributed by atoms with E-state index in [-0.39, 0.29) is 23.4 Å². The second-order valence-corrected chi connectivity index (χ2v) is 5.59.